The third-order valence-electron chi connectivity index (χ3n) is 5.27. The van der Waals surface area contributed by atoms with Crippen LogP contribution in [0.15, 0.2) is 52.9 Å². The molecule has 146 valence electrons. The van der Waals surface area contributed by atoms with Gasteiger partial charge in [0.25, 0.3) is 0 Å². The van der Waals surface area contributed by atoms with E-state index in [1.54, 1.807) is 0 Å². The first kappa shape index (κ1) is 18.7. The van der Waals surface area contributed by atoms with Crippen LogP contribution in [-0.2, 0) is 4.79 Å². The zero-order chi connectivity index (χ0) is 19.5. The molecule has 0 atom stereocenters. The minimum absolute atomic E-state index is 0.0973. The zero-order valence-corrected chi connectivity index (χ0v) is 16.5. The quantitative estimate of drug-likeness (QED) is 0.694. The van der Waals surface area contributed by atoms with Gasteiger partial charge < -0.3 is 14.6 Å². The van der Waals surface area contributed by atoms with Gasteiger partial charge in [0.15, 0.2) is 5.58 Å². The number of hydrogen-bond acceptors (Lipinski definition) is 4. The minimum Gasteiger partial charge on any atom is -0.436 e. The van der Waals surface area contributed by atoms with Gasteiger partial charge in [-0.3, -0.25) is 4.79 Å². The maximum absolute atomic E-state index is 12.6. The van der Waals surface area contributed by atoms with Crippen molar-refractivity contribution >= 4 is 22.7 Å². The van der Waals surface area contributed by atoms with Gasteiger partial charge >= 0.3 is 0 Å². The van der Waals surface area contributed by atoms with E-state index in [2.05, 4.69) is 29.0 Å². The first-order chi connectivity index (χ1) is 13.6. The number of nitrogens with one attached hydrogen (secondary N) is 1. The van der Waals surface area contributed by atoms with E-state index in [1.807, 2.05) is 48.5 Å². The topological polar surface area (TPSA) is 58.4 Å². The predicted molar refractivity (Wildman–Crippen MR) is 112 cm³/mol. The van der Waals surface area contributed by atoms with Crippen LogP contribution in [0.2, 0.25) is 0 Å². The fourth-order valence-electron chi connectivity index (χ4n) is 3.83. The number of piperidine rings is 1. The number of para-hydroxylation sites is 2. The lowest BCUT2D eigenvalue weighted by molar-refractivity contribution is -0.121. The van der Waals surface area contributed by atoms with Crippen molar-refractivity contribution in [3.8, 4) is 11.5 Å². The van der Waals surface area contributed by atoms with Gasteiger partial charge in [0.2, 0.25) is 11.8 Å². The Labute approximate surface area is 165 Å². The molecule has 1 fully saturated rings. The summed E-state index contributed by atoms with van der Waals surface area (Å²) in [7, 11) is 0. The lowest BCUT2D eigenvalue weighted by Crippen LogP contribution is -2.39. The van der Waals surface area contributed by atoms with Crippen molar-refractivity contribution in [3.63, 3.8) is 0 Å². The van der Waals surface area contributed by atoms with Gasteiger partial charge in [-0.25, -0.2) is 4.98 Å². The Morgan fingerprint density at radius 1 is 1.14 bits per heavy atom. The van der Waals surface area contributed by atoms with E-state index < -0.39 is 0 Å². The van der Waals surface area contributed by atoms with Crippen LogP contribution in [0.5, 0.6) is 0 Å². The van der Waals surface area contributed by atoms with Gasteiger partial charge in [-0.05, 0) is 68.2 Å². The molecule has 2 heterocycles. The smallest absolute Gasteiger partial charge is 0.227 e. The lowest BCUT2D eigenvalue weighted by atomic mass is 9.95. The van der Waals surface area contributed by atoms with Crippen LogP contribution in [0.3, 0.4) is 0 Å². The molecule has 0 aliphatic carbocycles. The maximum atomic E-state index is 12.6. The van der Waals surface area contributed by atoms with E-state index in [-0.39, 0.29) is 11.8 Å². The van der Waals surface area contributed by atoms with Crippen molar-refractivity contribution in [3.05, 3.63) is 48.5 Å². The summed E-state index contributed by atoms with van der Waals surface area (Å²) in [6.45, 7) is 7.61. The van der Waals surface area contributed by atoms with E-state index in [9.17, 15) is 4.79 Å². The molecule has 3 aromatic rings. The van der Waals surface area contributed by atoms with Gasteiger partial charge in [-0.15, -0.1) is 0 Å². The van der Waals surface area contributed by atoms with Crippen LogP contribution >= 0.6 is 0 Å². The Kier molecular flexibility index (Phi) is 5.44. The van der Waals surface area contributed by atoms with Crippen LogP contribution in [0.4, 0.5) is 5.69 Å². The molecular formula is C23H27N3O2. The second-order valence-corrected chi connectivity index (χ2v) is 8.02. The summed E-state index contributed by atoms with van der Waals surface area (Å²) in [5.41, 5.74) is 3.34. The third kappa shape index (κ3) is 4.25. The molecule has 0 radical (unpaired) electrons. The Morgan fingerprint density at radius 3 is 2.54 bits per heavy atom. The Balaban J connectivity index is 1.36. The minimum atomic E-state index is 0.0973. The number of carbonyl (C=O) groups is 1. The normalized spacial score (nSPS) is 16.0. The molecular weight excluding hydrogens is 350 g/mol. The van der Waals surface area contributed by atoms with E-state index in [1.165, 1.54) is 0 Å². The largest absolute Gasteiger partial charge is 0.436 e. The van der Waals surface area contributed by atoms with Crippen LogP contribution in [-0.4, -0.2) is 35.4 Å². The van der Waals surface area contributed by atoms with Crippen LogP contribution < -0.4 is 5.32 Å². The van der Waals surface area contributed by atoms with Crippen molar-refractivity contribution in [2.45, 2.75) is 26.7 Å². The first-order valence-corrected chi connectivity index (χ1v) is 10.1. The molecule has 4 rings (SSSR count). The third-order valence-corrected chi connectivity index (χ3v) is 5.27. The van der Waals surface area contributed by atoms with Crippen molar-refractivity contribution in [1.29, 1.82) is 0 Å². The Morgan fingerprint density at radius 2 is 1.86 bits per heavy atom. The van der Waals surface area contributed by atoms with E-state index >= 15 is 0 Å². The lowest BCUT2D eigenvalue weighted by Gasteiger charge is -2.32. The number of likely N-dealkylation sites (tertiary alicyclic amines) is 1. The van der Waals surface area contributed by atoms with Gasteiger partial charge in [0, 0.05) is 23.7 Å². The van der Waals surface area contributed by atoms with E-state index in [0.717, 1.165) is 54.8 Å². The number of carbonyl (C=O) groups excluding carboxylic acids is 1. The average molecular weight is 377 g/mol. The molecule has 5 heteroatoms. The molecule has 1 amide bonds. The number of nitrogens with zero attached hydrogens (tertiary/aromatic N) is 2. The van der Waals surface area contributed by atoms with E-state index in [4.69, 9.17) is 4.42 Å². The van der Waals surface area contributed by atoms with Gasteiger partial charge in [0.1, 0.15) is 5.52 Å². The van der Waals surface area contributed by atoms with Crippen molar-refractivity contribution in [2.75, 3.05) is 25.0 Å². The van der Waals surface area contributed by atoms with Crippen molar-refractivity contribution in [2.24, 2.45) is 11.8 Å². The van der Waals surface area contributed by atoms with Gasteiger partial charge in [-0.1, -0.05) is 26.0 Å². The standard InChI is InChI=1S/C23H27N3O2/c1-16(2)15-26-13-11-17(12-14-26)22(27)24-19-9-7-18(8-10-19)23-25-20-5-3-4-6-21(20)28-23/h3-10,16-17H,11-15H2,1-2H3,(H,24,27). The first-order valence-electron chi connectivity index (χ1n) is 10.1. The maximum Gasteiger partial charge on any atom is 0.227 e. The van der Waals surface area contributed by atoms with Crippen molar-refractivity contribution < 1.29 is 9.21 Å². The molecule has 1 saturated heterocycles. The second-order valence-electron chi connectivity index (χ2n) is 8.02. The van der Waals surface area contributed by atoms with Crippen LogP contribution in [0.1, 0.15) is 26.7 Å². The number of oxazole rings is 1. The summed E-state index contributed by atoms with van der Waals surface area (Å²) < 4.78 is 5.80. The summed E-state index contributed by atoms with van der Waals surface area (Å²) in [6.07, 6.45) is 1.86. The molecule has 0 saturated carbocycles. The highest BCUT2D eigenvalue weighted by atomic mass is 16.3. The van der Waals surface area contributed by atoms with Gasteiger partial charge in [-0.2, -0.15) is 0 Å². The molecule has 0 unspecified atom stereocenters. The Hall–Kier alpha value is -2.66. The fraction of sp³-hybridized carbons (Fsp3) is 0.391. The molecule has 1 aliphatic rings. The number of anilines is 1. The number of rotatable bonds is 5. The monoisotopic (exact) mass is 377 g/mol. The number of fused-ring (bicyclic) bond motifs is 1. The van der Waals surface area contributed by atoms with Crippen LogP contribution in [0.25, 0.3) is 22.6 Å². The molecule has 2 aromatic carbocycles. The summed E-state index contributed by atoms with van der Waals surface area (Å²) in [4.78, 5) is 19.6. The van der Waals surface area contributed by atoms with E-state index in [0.29, 0.717) is 11.8 Å². The molecule has 0 bridgehead atoms. The summed E-state index contributed by atoms with van der Waals surface area (Å²) >= 11 is 0. The van der Waals surface area contributed by atoms with Crippen molar-refractivity contribution in [1.82, 2.24) is 9.88 Å². The highest BCUT2D eigenvalue weighted by Gasteiger charge is 2.25. The number of amides is 1. The number of aromatic nitrogens is 1. The highest BCUT2D eigenvalue weighted by Crippen LogP contribution is 2.26. The fourth-order valence-corrected chi connectivity index (χ4v) is 3.83. The number of hydrogen-bond donors (Lipinski definition) is 1. The molecule has 1 N–H and O–H groups in total. The summed E-state index contributed by atoms with van der Waals surface area (Å²) in [5.74, 6) is 1.49. The molecule has 28 heavy (non-hydrogen) atoms. The summed E-state index contributed by atoms with van der Waals surface area (Å²) in [6, 6.07) is 15.4. The molecule has 1 aliphatic heterocycles. The second kappa shape index (κ2) is 8.15. The molecule has 1 aromatic heterocycles. The highest BCUT2D eigenvalue weighted by molar-refractivity contribution is 5.92. The van der Waals surface area contributed by atoms with Gasteiger partial charge in [0.05, 0.1) is 0 Å². The molecule has 5 nitrogen and oxygen atoms in total. The zero-order valence-electron chi connectivity index (χ0n) is 16.5. The molecule has 0 spiro atoms. The average Bonchev–Trinajstić information content (AvgIpc) is 3.13. The predicted octanol–water partition coefficient (Wildman–Crippen LogP) is 4.80. The van der Waals surface area contributed by atoms with Crippen LogP contribution in [0, 0.1) is 11.8 Å². The Bertz CT molecular complexity index is 905. The summed E-state index contributed by atoms with van der Waals surface area (Å²) in [5, 5.41) is 3.06. The SMILES string of the molecule is CC(C)CN1CCC(C(=O)Nc2ccc(-c3nc4ccccc4o3)cc2)CC1. The number of benzene rings is 2.